The second-order valence-electron chi connectivity index (χ2n) is 2.96. The number of ether oxygens (including phenoxy) is 1. The highest BCUT2D eigenvalue weighted by atomic mass is 32.2. The zero-order valence-corrected chi connectivity index (χ0v) is 8.12. The van der Waals surface area contributed by atoms with Gasteiger partial charge in [0.25, 0.3) is 0 Å². The van der Waals surface area contributed by atoms with Crippen LogP contribution in [-0.2, 0) is 0 Å². The molecule has 0 spiro atoms. The van der Waals surface area contributed by atoms with Crippen LogP contribution in [0.25, 0.3) is 0 Å². The van der Waals surface area contributed by atoms with Gasteiger partial charge < -0.3 is 4.74 Å². The number of pyridine rings is 1. The number of hydrogen-bond donors (Lipinski definition) is 0. The van der Waals surface area contributed by atoms with Crippen molar-refractivity contribution in [3.8, 4) is 11.6 Å². The molecule has 1 aromatic heterocycles. The van der Waals surface area contributed by atoms with E-state index in [4.69, 9.17) is 4.74 Å². The predicted molar refractivity (Wildman–Crippen MR) is 54.9 cm³/mol. The summed E-state index contributed by atoms with van der Waals surface area (Å²) in [6.45, 7) is 0. The first-order chi connectivity index (χ1) is 6.93. The Hall–Kier alpha value is -1.48. The molecule has 0 saturated heterocycles. The Morgan fingerprint density at radius 3 is 2.86 bits per heavy atom. The van der Waals surface area contributed by atoms with Crippen LogP contribution in [0.15, 0.2) is 52.4 Å². The monoisotopic (exact) mass is 201 g/mol. The van der Waals surface area contributed by atoms with E-state index in [0.29, 0.717) is 5.88 Å². The Morgan fingerprint density at radius 1 is 1.00 bits per heavy atom. The summed E-state index contributed by atoms with van der Waals surface area (Å²) in [5.74, 6) is 1.60. The maximum atomic E-state index is 5.65. The number of nitrogens with zero attached hydrogens (tertiary/aromatic N) is 1. The highest BCUT2D eigenvalue weighted by Gasteiger charge is 2.16. The molecule has 0 aliphatic carbocycles. The molecule has 1 aromatic carbocycles. The molecule has 0 unspecified atom stereocenters. The van der Waals surface area contributed by atoms with Crippen LogP contribution >= 0.6 is 11.8 Å². The van der Waals surface area contributed by atoms with Gasteiger partial charge in [0.1, 0.15) is 5.75 Å². The van der Waals surface area contributed by atoms with Crippen molar-refractivity contribution < 1.29 is 4.74 Å². The fourth-order valence-electron chi connectivity index (χ4n) is 1.37. The predicted octanol–water partition coefficient (Wildman–Crippen LogP) is 3.34. The van der Waals surface area contributed by atoms with E-state index >= 15 is 0 Å². The molecule has 2 nitrogen and oxygen atoms in total. The van der Waals surface area contributed by atoms with E-state index in [1.807, 2.05) is 30.3 Å². The SMILES string of the molecule is c1ccc2c(c1)Oc1ncccc1S2. The van der Waals surface area contributed by atoms with Gasteiger partial charge in [0.05, 0.1) is 9.79 Å². The average molecular weight is 201 g/mol. The fourth-order valence-corrected chi connectivity index (χ4v) is 2.29. The van der Waals surface area contributed by atoms with Crippen molar-refractivity contribution in [2.75, 3.05) is 0 Å². The molecule has 0 bridgehead atoms. The smallest absolute Gasteiger partial charge is 0.233 e. The van der Waals surface area contributed by atoms with Crippen LogP contribution in [-0.4, -0.2) is 4.98 Å². The van der Waals surface area contributed by atoms with E-state index in [0.717, 1.165) is 15.5 Å². The summed E-state index contributed by atoms with van der Waals surface area (Å²) in [6.07, 6.45) is 1.74. The molecule has 2 aromatic rings. The fraction of sp³-hybridized carbons (Fsp3) is 0. The molecule has 0 fully saturated rings. The van der Waals surface area contributed by atoms with E-state index in [1.54, 1.807) is 18.0 Å². The van der Waals surface area contributed by atoms with Crippen molar-refractivity contribution in [2.45, 2.75) is 9.79 Å². The molecule has 3 rings (SSSR count). The zero-order valence-electron chi connectivity index (χ0n) is 7.31. The van der Waals surface area contributed by atoms with Crippen molar-refractivity contribution >= 4 is 11.8 Å². The van der Waals surface area contributed by atoms with Crippen LogP contribution in [0.3, 0.4) is 0 Å². The lowest BCUT2D eigenvalue weighted by atomic mass is 10.3. The summed E-state index contributed by atoms with van der Waals surface area (Å²) < 4.78 is 5.65. The molecule has 0 N–H and O–H groups in total. The van der Waals surface area contributed by atoms with Gasteiger partial charge in [-0.3, -0.25) is 0 Å². The molecule has 0 radical (unpaired) electrons. The molecular weight excluding hydrogens is 194 g/mol. The van der Waals surface area contributed by atoms with Crippen molar-refractivity contribution in [3.63, 3.8) is 0 Å². The Balaban J connectivity index is 2.12. The first-order valence-corrected chi connectivity index (χ1v) is 5.15. The third-order valence-corrected chi connectivity index (χ3v) is 3.10. The number of benzene rings is 1. The number of aromatic nitrogens is 1. The molecule has 0 atom stereocenters. The van der Waals surface area contributed by atoms with Gasteiger partial charge in [-0.25, -0.2) is 4.98 Å². The molecule has 0 saturated carbocycles. The minimum Gasteiger partial charge on any atom is -0.437 e. The Bertz CT molecular complexity index is 397. The van der Waals surface area contributed by atoms with Gasteiger partial charge >= 0.3 is 0 Å². The molecule has 1 aliphatic rings. The number of para-hydroxylation sites is 1. The van der Waals surface area contributed by atoms with Crippen LogP contribution in [0.1, 0.15) is 0 Å². The van der Waals surface area contributed by atoms with Gasteiger partial charge in [-0.05, 0) is 24.3 Å². The molecular formula is C11H7NOS. The summed E-state index contributed by atoms with van der Waals surface area (Å²) in [5.41, 5.74) is 0. The van der Waals surface area contributed by atoms with Crippen molar-refractivity contribution in [2.24, 2.45) is 0 Å². The molecule has 3 heteroatoms. The molecule has 68 valence electrons. The number of hydrogen-bond acceptors (Lipinski definition) is 3. The Morgan fingerprint density at radius 2 is 1.86 bits per heavy atom. The maximum absolute atomic E-state index is 5.65. The minimum absolute atomic E-state index is 0.705. The van der Waals surface area contributed by atoms with Gasteiger partial charge in [-0.2, -0.15) is 0 Å². The molecule has 1 aliphatic heterocycles. The van der Waals surface area contributed by atoms with Gasteiger partial charge in [0.2, 0.25) is 5.88 Å². The van der Waals surface area contributed by atoms with Gasteiger partial charge in [0, 0.05) is 6.20 Å². The molecule has 0 amide bonds. The van der Waals surface area contributed by atoms with E-state index in [-0.39, 0.29) is 0 Å². The number of fused-ring (bicyclic) bond motifs is 2. The van der Waals surface area contributed by atoms with Crippen molar-refractivity contribution in [1.82, 2.24) is 4.98 Å². The highest BCUT2D eigenvalue weighted by molar-refractivity contribution is 7.99. The first kappa shape index (κ1) is 7.88. The molecule has 2 heterocycles. The van der Waals surface area contributed by atoms with E-state index < -0.39 is 0 Å². The van der Waals surface area contributed by atoms with Crippen molar-refractivity contribution in [1.29, 1.82) is 0 Å². The van der Waals surface area contributed by atoms with Crippen LogP contribution in [0.5, 0.6) is 11.6 Å². The average Bonchev–Trinajstić information content (AvgIpc) is 2.26. The van der Waals surface area contributed by atoms with Crippen LogP contribution in [0.2, 0.25) is 0 Å². The lowest BCUT2D eigenvalue weighted by Gasteiger charge is -2.17. The first-order valence-electron chi connectivity index (χ1n) is 4.33. The van der Waals surface area contributed by atoms with E-state index in [9.17, 15) is 0 Å². The highest BCUT2D eigenvalue weighted by Crippen LogP contribution is 2.45. The zero-order chi connectivity index (χ0) is 9.38. The van der Waals surface area contributed by atoms with Crippen molar-refractivity contribution in [3.05, 3.63) is 42.6 Å². The topological polar surface area (TPSA) is 22.1 Å². The van der Waals surface area contributed by atoms with Crippen LogP contribution in [0.4, 0.5) is 0 Å². The molecule has 14 heavy (non-hydrogen) atoms. The Kier molecular flexibility index (Phi) is 1.70. The third kappa shape index (κ3) is 1.17. The van der Waals surface area contributed by atoms with Crippen LogP contribution < -0.4 is 4.74 Å². The summed E-state index contributed by atoms with van der Waals surface area (Å²) in [7, 11) is 0. The van der Waals surface area contributed by atoms with E-state index in [1.165, 1.54) is 0 Å². The van der Waals surface area contributed by atoms with Gasteiger partial charge in [-0.15, -0.1) is 0 Å². The van der Waals surface area contributed by atoms with Gasteiger partial charge in [-0.1, -0.05) is 23.9 Å². The minimum atomic E-state index is 0.705. The number of rotatable bonds is 0. The summed E-state index contributed by atoms with van der Waals surface area (Å²) >= 11 is 1.69. The second-order valence-corrected chi connectivity index (χ2v) is 4.04. The normalized spacial score (nSPS) is 12.6. The lowest BCUT2D eigenvalue weighted by Crippen LogP contribution is -1.95. The largest absolute Gasteiger partial charge is 0.437 e. The third-order valence-electron chi connectivity index (χ3n) is 2.01. The quantitative estimate of drug-likeness (QED) is 0.557. The standard InChI is InChI=1S/C11H7NOS/c1-2-5-9-8(4-1)13-11-10(14-9)6-3-7-12-11/h1-7H. The lowest BCUT2D eigenvalue weighted by molar-refractivity contribution is 0.435. The van der Waals surface area contributed by atoms with Crippen LogP contribution in [0, 0.1) is 0 Å². The van der Waals surface area contributed by atoms with E-state index in [2.05, 4.69) is 11.1 Å². The second kappa shape index (κ2) is 3.03. The summed E-state index contributed by atoms with van der Waals surface area (Å²) in [5, 5.41) is 0. The summed E-state index contributed by atoms with van der Waals surface area (Å²) in [6, 6.07) is 11.9. The summed E-state index contributed by atoms with van der Waals surface area (Å²) in [4.78, 5) is 6.40. The van der Waals surface area contributed by atoms with Gasteiger partial charge in [0.15, 0.2) is 0 Å². The Labute approximate surface area is 85.9 Å². The maximum Gasteiger partial charge on any atom is 0.233 e.